The van der Waals surface area contributed by atoms with Crippen molar-refractivity contribution in [2.24, 2.45) is 0 Å². The van der Waals surface area contributed by atoms with Gasteiger partial charge in [0.1, 0.15) is 5.75 Å². The molecule has 2 rings (SSSR count). The van der Waals surface area contributed by atoms with Crippen LogP contribution in [0.15, 0.2) is 18.5 Å². The summed E-state index contributed by atoms with van der Waals surface area (Å²) in [4.78, 5) is 0. The number of hydrogen-bond acceptors (Lipinski definition) is 3. The van der Waals surface area contributed by atoms with Crippen molar-refractivity contribution in [2.45, 2.75) is 38.2 Å². The van der Waals surface area contributed by atoms with Gasteiger partial charge >= 0.3 is 0 Å². The molecule has 0 bridgehead atoms. The molecule has 0 radical (unpaired) electrons. The Hall–Kier alpha value is -1.12. The summed E-state index contributed by atoms with van der Waals surface area (Å²) in [5.41, 5.74) is 0. The first-order chi connectivity index (χ1) is 6.45. The van der Waals surface area contributed by atoms with Gasteiger partial charge in [0.15, 0.2) is 0 Å². The van der Waals surface area contributed by atoms with Crippen molar-refractivity contribution in [1.29, 1.82) is 0 Å². The average molecular weight is 178 g/mol. The maximum atomic E-state index is 5.75. The average Bonchev–Trinajstić information content (AvgIpc) is 2.21. The molecule has 1 aromatic rings. The van der Waals surface area contributed by atoms with Gasteiger partial charge in [0.25, 0.3) is 0 Å². The van der Waals surface area contributed by atoms with Crippen LogP contribution in [-0.4, -0.2) is 16.3 Å². The van der Waals surface area contributed by atoms with Gasteiger partial charge in [0.2, 0.25) is 0 Å². The zero-order valence-electron chi connectivity index (χ0n) is 7.65. The molecule has 3 nitrogen and oxygen atoms in total. The van der Waals surface area contributed by atoms with Crippen LogP contribution in [0.4, 0.5) is 0 Å². The predicted octanol–water partition coefficient (Wildman–Crippen LogP) is 2.19. The molecule has 1 fully saturated rings. The van der Waals surface area contributed by atoms with Gasteiger partial charge in [-0.3, -0.25) is 0 Å². The Kier molecular flexibility index (Phi) is 2.75. The molecule has 0 atom stereocenters. The first-order valence-corrected chi connectivity index (χ1v) is 4.88. The normalized spacial score (nSPS) is 18.5. The Morgan fingerprint density at radius 1 is 1.15 bits per heavy atom. The summed E-state index contributed by atoms with van der Waals surface area (Å²) in [6, 6.07) is 1.86. The molecule has 0 aromatic carbocycles. The maximum Gasteiger partial charge on any atom is 0.141 e. The van der Waals surface area contributed by atoms with Crippen LogP contribution in [0.25, 0.3) is 0 Å². The Labute approximate surface area is 78.1 Å². The summed E-state index contributed by atoms with van der Waals surface area (Å²) in [6.45, 7) is 0. The molecule has 1 heterocycles. The molecule has 0 unspecified atom stereocenters. The van der Waals surface area contributed by atoms with Crippen LogP contribution in [0, 0.1) is 0 Å². The second kappa shape index (κ2) is 4.21. The fraction of sp³-hybridized carbons (Fsp3) is 0.600. The van der Waals surface area contributed by atoms with Crippen LogP contribution >= 0.6 is 0 Å². The summed E-state index contributed by atoms with van der Waals surface area (Å²) in [5.74, 6) is 0.849. The SMILES string of the molecule is c1cc(OC2CCCCC2)cnn1. The lowest BCUT2D eigenvalue weighted by Crippen LogP contribution is -2.19. The summed E-state index contributed by atoms with van der Waals surface area (Å²) in [5, 5.41) is 7.48. The Bertz CT molecular complexity index is 244. The van der Waals surface area contributed by atoms with Crippen molar-refractivity contribution in [3.8, 4) is 5.75 Å². The molecule has 0 aliphatic heterocycles. The second-order valence-corrected chi connectivity index (χ2v) is 3.46. The quantitative estimate of drug-likeness (QED) is 0.696. The number of hydrogen-bond donors (Lipinski definition) is 0. The highest BCUT2D eigenvalue weighted by Crippen LogP contribution is 2.22. The summed E-state index contributed by atoms with van der Waals surface area (Å²) in [6.07, 6.45) is 10.1. The van der Waals surface area contributed by atoms with E-state index in [-0.39, 0.29) is 0 Å². The highest BCUT2D eigenvalue weighted by Gasteiger charge is 2.14. The van der Waals surface area contributed by atoms with E-state index in [1.807, 2.05) is 6.07 Å². The van der Waals surface area contributed by atoms with E-state index >= 15 is 0 Å². The summed E-state index contributed by atoms with van der Waals surface area (Å²) in [7, 11) is 0. The molecular weight excluding hydrogens is 164 g/mol. The van der Waals surface area contributed by atoms with E-state index < -0.39 is 0 Å². The first-order valence-electron chi connectivity index (χ1n) is 4.88. The molecule has 1 aromatic heterocycles. The lowest BCUT2D eigenvalue weighted by Gasteiger charge is -2.22. The fourth-order valence-corrected chi connectivity index (χ4v) is 1.72. The van der Waals surface area contributed by atoms with Crippen molar-refractivity contribution >= 4 is 0 Å². The van der Waals surface area contributed by atoms with Crippen LogP contribution in [0.2, 0.25) is 0 Å². The maximum absolute atomic E-state index is 5.75. The number of nitrogens with zero attached hydrogens (tertiary/aromatic N) is 2. The molecule has 0 N–H and O–H groups in total. The van der Waals surface area contributed by atoms with Gasteiger partial charge < -0.3 is 4.74 Å². The third kappa shape index (κ3) is 2.41. The highest BCUT2D eigenvalue weighted by molar-refractivity contribution is 5.13. The minimum atomic E-state index is 0.401. The van der Waals surface area contributed by atoms with Crippen LogP contribution in [-0.2, 0) is 0 Å². The van der Waals surface area contributed by atoms with Crippen molar-refractivity contribution in [3.05, 3.63) is 18.5 Å². The van der Waals surface area contributed by atoms with E-state index in [0.717, 1.165) is 5.75 Å². The van der Waals surface area contributed by atoms with Crippen LogP contribution in [0.5, 0.6) is 5.75 Å². The van der Waals surface area contributed by atoms with E-state index in [0.29, 0.717) is 6.10 Å². The van der Waals surface area contributed by atoms with Gasteiger partial charge in [0, 0.05) is 6.07 Å². The fourth-order valence-electron chi connectivity index (χ4n) is 1.72. The summed E-state index contributed by atoms with van der Waals surface area (Å²) < 4.78 is 5.75. The van der Waals surface area contributed by atoms with Gasteiger partial charge in [-0.25, -0.2) is 0 Å². The second-order valence-electron chi connectivity index (χ2n) is 3.46. The monoisotopic (exact) mass is 178 g/mol. The van der Waals surface area contributed by atoms with E-state index in [1.165, 1.54) is 32.1 Å². The van der Waals surface area contributed by atoms with E-state index in [9.17, 15) is 0 Å². The van der Waals surface area contributed by atoms with E-state index in [2.05, 4.69) is 10.2 Å². The standard InChI is InChI=1S/C10H14N2O/c1-2-4-9(5-3-1)13-10-6-7-11-12-8-10/h6-9H,1-5H2. The van der Waals surface area contributed by atoms with Gasteiger partial charge in [-0.1, -0.05) is 6.42 Å². The first kappa shape index (κ1) is 8.48. The van der Waals surface area contributed by atoms with Gasteiger partial charge in [-0.15, -0.1) is 0 Å². The molecule has 70 valence electrons. The lowest BCUT2D eigenvalue weighted by atomic mass is 9.98. The minimum absolute atomic E-state index is 0.401. The van der Waals surface area contributed by atoms with Crippen molar-refractivity contribution in [1.82, 2.24) is 10.2 Å². The van der Waals surface area contributed by atoms with Gasteiger partial charge in [-0.05, 0) is 25.7 Å². The molecule has 0 amide bonds. The molecule has 0 spiro atoms. The molecule has 1 aliphatic carbocycles. The third-order valence-corrected chi connectivity index (χ3v) is 2.41. The highest BCUT2D eigenvalue weighted by atomic mass is 16.5. The topological polar surface area (TPSA) is 35.0 Å². The zero-order chi connectivity index (χ0) is 8.93. The number of rotatable bonds is 2. The number of ether oxygens (including phenoxy) is 1. The van der Waals surface area contributed by atoms with Crippen molar-refractivity contribution < 1.29 is 4.74 Å². The van der Waals surface area contributed by atoms with Gasteiger partial charge in [-0.2, -0.15) is 10.2 Å². The Morgan fingerprint density at radius 2 is 2.00 bits per heavy atom. The third-order valence-electron chi connectivity index (χ3n) is 2.41. The molecule has 13 heavy (non-hydrogen) atoms. The largest absolute Gasteiger partial charge is 0.489 e. The van der Waals surface area contributed by atoms with Crippen LogP contribution in [0.3, 0.4) is 0 Å². The Balaban J connectivity index is 1.90. The van der Waals surface area contributed by atoms with E-state index in [4.69, 9.17) is 4.74 Å². The van der Waals surface area contributed by atoms with Crippen LogP contribution < -0.4 is 4.74 Å². The Morgan fingerprint density at radius 3 is 2.69 bits per heavy atom. The van der Waals surface area contributed by atoms with Gasteiger partial charge in [0.05, 0.1) is 18.5 Å². The molecule has 1 saturated carbocycles. The number of aromatic nitrogens is 2. The van der Waals surface area contributed by atoms with Crippen molar-refractivity contribution in [3.63, 3.8) is 0 Å². The van der Waals surface area contributed by atoms with Crippen LogP contribution in [0.1, 0.15) is 32.1 Å². The smallest absolute Gasteiger partial charge is 0.141 e. The minimum Gasteiger partial charge on any atom is -0.489 e. The molecule has 1 aliphatic rings. The summed E-state index contributed by atoms with van der Waals surface area (Å²) >= 11 is 0. The molecule has 0 saturated heterocycles. The predicted molar refractivity (Wildman–Crippen MR) is 49.5 cm³/mol. The van der Waals surface area contributed by atoms with Crippen molar-refractivity contribution in [2.75, 3.05) is 0 Å². The zero-order valence-corrected chi connectivity index (χ0v) is 7.65. The van der Waals surface area contributed by atoms with E-state index in [1.54, 1.807) is 12.4 Å². The lowest BCUT2D eigenvalue weighted by molar-refractivity contribution is 0.154. The molecule has 3 heteroatoms. The molecular formula is C10H14N2O.